The molecule has 1 aliphatic heterocycles. The van der Waals surface area contributed by atoms with Crippen LogP contribution < -0.4 is 4.90 Å². The van der Waals surface area contributed by atoms with Crippen LogP contribution in [-0.2, 0) is 16.1 Å². The molecule has 0 radical (unpaired) electrons. The maximum atomic E-state index is 12.3. The lowest BCUT2D eigenvalue weighted by molar-refractivity contribution is -0.385. The molecule has 0 aromatic heterocycles. The highest BCUT2D eigenvalue weighted by Gasteiger charge is 2.22. The molecule has 128 valence electrons. The summed E-state index contributed by atoms with van der Waals surface area (Å²) in [4.78, 5) is 36.2. The molecule has 1 saturated heterocycles. The number of anilines is 1. The van der Waals surface area contributed by atoms with Crippen LogP contribution >= 0.6 is 0 Å². The van der Waals surface area contributed by atoms with Crippen LogP contribution in [0.5, 0.6) is 0 Å². The Morgan fingerprint density at radius 3 is 2.72 bits per heavy atom. The van der Waals surface area contributed by atoms with Gasteiger partial charge in [-0.15, -0.1) is 0 Å². The number of nitro groups is 1. The first-order chi connectivity index (χ1) is 12.1. The molecule has 0 bridgehead atoms. The Bertz CT molecular complexity index is 834. The molecule has 2 aromatic rings. The highest BCUT2D eigenvalue weighted by molar-refractivity contribution is 5.97. The van der Waals surface area contributed by atoms with Crippen molar-refractivity contribution in [3.05, 3.63) is 69.8 Å². The smallest absolute Gasteiger partial charge is 0.338 e. The molecule has 0 aliphatic carbocycles. The Labute approximate surface area is 144 Å². The number of rotatable bonds is 5. The van der Waals surface area contributed by atoms with Crippen molar-refractivity contribution in [3.63, 3.8) is 0 Å². The molecule has 0 saturated carbocycles. The third-order valence-corrected chi connectivity index (χ3v) is 4.01. The van der Waals surface area contributed by atoms with Crippen LogP contribution in [0.3, 0.4) is 0 Å². The average Bonchev–Trinajstić information content (AvgIpc) is 3.06. The standard InChI is InChI=1S/C18H16N2O5/c21-17-9-4-10-19(17)15-7-3-6-13(11-15)18(22)25-12-14-5-1-2-8-16(14)20(23)24/h1-3,5-8,11H,4,9-10,12H2. The predicted molar refractivity (Wildman–Crippen MR) is 90.2 cm³/mol. The van der Waals surface area contributed by atoms with Crippen LogP contribution in [0, 0.1) is 10.1 Å². The van der Waals surface area contributed by atoms with Gasteiger partial charge in [0.15, 0.2) is 0 Å². The summed E-state index contributed by atoms with van der Waals surface area (Å²) in [5.74, 6) is -0.558. The summed E-state index contributed by atoms with van der Waals surface area (Å²) < 4.78 is 5.20. The molecule has 1 amide bonds. The molecule has 2 aromatic carbocycles. The number of para-hydroxylation sites is 1. The number of carbonyl (C=O) groups is 2. The van der Waals surface area contributed by atoms with Crippen molar-refractivity contribution in [2.75, 3.05) is 11.4 Å². The second kappa shape index (κ2) is 7.12. The summed E-state index contributed by atoms with van der Waals surface area (Å²) in [7, 11) is 0. The molecule has 0 N–H and O–H groups in total. The number of amides is 1. The van der Waals surface area contributed by atoms with Gasteiger partial charge in [0.25, 0.3) is 5.69 Å². The molecule has 0 unspecified atom stereocenters. The fourth-order valence-corrected chi connectivity index (χ4v) is 2.76. The third kappa shape index (κ3) is 3.65. The molecule has 3 rings (SSSR count). The summed E-state index contributed by atoms with van der Waals surface area (Å²) in [6.07, 6.45) is 1.30. The van der Waals surface area contributed by atoms with Crippen LogP contribution in [0.1, 0.15) is 28.8 Å². The van der Waals surface area contributed by atoms with Gasteiger partial charge in [-0.25, -0.2) is 4.79 Å². The minimum atomic E-state index is -0.591. The van der Waals surface area contributed by atoms with Gasteiger partial charge in [-0.05, 0) is 30.7 Å². The van der Waals surface area contributed by atoms with E-state index in [1.54, 1.807) is 47.4 Å². The molecule has 0 spiro atoms. The first kappa shape index (κ1) is 16.6. The van der Waals surface area contributed by atoms with Crippen molar-refractivity contribution in [3.8, 4) is 0 Å². The zero-order valence-electron chi connectivity index (χ0n) is 13.4. The van der Waals surface area contributed by atoms with E-state index in [9.17, 15) is 19.7 Å². The highest BCUT2D eigenvalue weighted by atomic mass is 16.6. The van der Waals surface area contributed by atoms with Gasteiger partial charge >= 0.3 is 5.97 Å². The van der Waals surface area contributed by atoms with E-state index < -0.39 is 10.9 Å². The largest absolute Gasteiger partial charge is 0.457 e. The number of ether oxygens (including phenoxy) is 1. The number of nitrogens with zero attached hydrogens (tertiary/aromatic N) is 2. The summed E-state index contributed by atoms with van der Waals surface area (Å²) >= 11 is 0. The first-order valence-corrected chi connectivity index (χ1v) is 7.86. The van der Waals surface area contributed by atoms with E-state index in [1.165, 1.54) is 6.07 Å². The van der Waals surface area contributed by atoms with Gasteiger partial charge in [-0.3, -0.25) is 14.9 Å². The SMILES string of the molecule is O=C(OCc1ccccc1[N+](=O)[O-])c1cccc(N2CCCC2=O)c1. The number of esters is 1. The van der Waals surface area contributed by atoms with Crippen molar-refractivity contribution in [1.29, 1.82) is 0 Å². The van der Waals surface area contributed by atoms with E-state index in [2.05, 4.69) is 0 Å². The lowest BCUT2D eigenvalue weighted by Crippen LogP contribution is -2.23. The van der Waals surface area contributed by atoms with Crippen molar-refractivity contribution in [2.24, 2.45) is 0 Å². The number of carbonyl (C=O) groups excluding carboxylic acids is 2. The van der Waals surface area contributed by atoms with E-state index >= 15 is 0 Å². The molecule has 1 aliphatic rings. The molecular weight excluding hydrogens is 324 g/mol. The normalized spacial score (nSPS) is 13.8. The average molecular weight is 340 g/mol. The van der Waals surface area contributed by atoms with E-state index in [0.29, 0.717) is 29.8 Å². The summed E-state index contributed by atoms with van der Waals surface area (Å²) in [5, 5.41) is 11.0. The quantitative estimate of drug-likeness (QED) is 0.474. The van der Waals surface area contributed by atoms with Gasteiger partial charge in [0.05, 0.1) is 16.1 Å². The Morgan fingerprint density at radius 2 is 2.00 bits per heavy atom. The molecule has 25 heavy (non-hydrogen) atoms. The Balaban J connectivity index is 1.72. The highest BCUT2D eigenvalue weighted by Crippen LogP contribution is 2.23. The van der Waals surface area contributed by atoms with E-state index in [4.69, 9.17) is 4.74 Å². The third-order valence-electron chi connectivity index (χ3n) is 4.01. The lowest BCUT2D eigenvalue weighted by atomic mass is 10.2. The predicted octanol–water partition coefficient (Wildman–Crippen LogP) is 3.08. The van der Waals surface area contributed by atoms with Crippen LogP contribution in [0.25, 0.3) is 0 Å². The van der Waals surface area contributed by atoms with Gasteiger partial charge in [0.1, 0.15) is 6.61 Å². The second-order valence-electron chi connectivity index (χ2n) is 5.66. The van der Waals surface area contributed by atoms with Crippen LogP contribution in [0.15, 0.2) is 48.5 Å². The number of hydrogen-bond acceptors (Lipinski definition) is 5. The Hall–Kier alpha value is -3.22. The number of benzene rings is 2. The first-order valence-electron chi connectivity index (χ1n) is 7.86. The molecule has 1 fully saturated rings. The lowest BCUT2D eigenvalue weighted by Gasteiger charge is -2.16. The minimum absolute atomic E-state index is 0.0328. The van der Waals surface area contributed by atoms with Crippen molar-refractivity contribution in [2.45, 2.75) is 19.4 Å². The summed E-state index contributed by atoms with van der Waals surface area (Å²) in [6.45, 7) is 0.441. The fraction of sp³-hybridized carbons (Fsp3) is 0.222. The zero-order chi connectivity index (χ0) is 17.8. The van der Waals surface area contributed by atoms with Gasteiger partial charge in [-0.1, -0.05) is 18.2 Å². The van der Waals surface area contributed by atoms with E-state index in [1.807, 2.05) is 0 Å². The Kier molecular flexibility index (Phi) is 4.74. The molecule has 7 nitrogen and oxygen atoms in total. The Morgan fingerprint density at radius 1 is 1.20 bits per heavy atom. The van der Waals surface area contributed by atoms with Crippen LogP contribution in [-0.4, -0.2) is 23.3 Å². The van der Waals surface area contributed by atoms with Gasteiger partial charge in [-0.2, -0.15) is 0 Å². The van der Waals surface area contributed by atoms with Crippen molar-refractivity contribution < 1.29 is 19.2 Å². The van der Waals surface area contributed by atoms with E-state index in [-0.39, 0.29) is 18.2 Å². The maximum Gasteiger partial charge on any atom is 0.338 e. The zero-order valence-corrected chi connectivity index (χ0v) is 13.4. The topological polar surface area (TPSA) is 89.8 Å². The number of nitro benzene ring substituents is 1. The van der Waals surface area contributed by atoms with Gasteiger partial charge < -0.3 is 9.64 Å². The summed E-state index contributed by atoms with van der Waals surface area (Å²) in [5.41, 5.74) is 1.19. The summed E-state index contributed by atoms with van der Waals surface area (Å²) in [6, 6.07) is 12.8. The molecule has 0 atom stereocenters. The maximum absolute atomic E-state index is 12.3. The van der Waals surface area contributed by atoms with Crippen LogP contribution in [0.2, 0.25) is 0 Å². The van der Waals surface area contributed by atoms with Gasteiger partial charge in [0.2, 0.25) is 5.91 Å². The molecule has 1 heterocycles. The van der Waals surface area contributed by atoms with Crippen LogP contribution in [0.4, 0.5) is 11.4 Å². The monoisotopic (exact) mass is 340 g/mol. The van der Waals surface area contributed by atoms with Gasteiger partial charge in [0, 0.05) is 24.7 Å². The van der Waals surface area contributed by atoms with E-state index in [0.717, 1.165) is 6.42 Å². The number of hydrogen-bond donors (Lipinski definition) is 0. The second-order valence-corrected chi connectivity index (χ2v) is 5.66. The van der Waals surface area contributed by atoms with Crippen molar-refractivity contribution >= 4 is 23.3 Å². The molecule has 7 heteroatoms. The fourth-order valence-electron chi connectivity index (χ4n) is 2.76. The van der Waals surface area contributed by atoms with Crippen molar-refractivity contribution in [1.82, 2.24) is 0 Å². The molecular formula is C18H16N2O5. The minimum Gasteiger partial charge on any atom is -0.457 e.